The van der Waals surface area contributed by atoms with Crippen molar-refractivity contribution >= 4 is 28.5 Å². The number of nitrogens with one attached hydrogen (secondary N) is 4. The van der Waals surface area contributed by atoms with Gasteiger partial charge in [0.15, 0.2) is 0 Å². The van der Waals surface area contributed by atoms with Gasteiger partial charge < -0.3 is 20.9 Å². The number of pyridine rings is 1. The lowest BCUT2D eigenvalue weighted by Gasteiger charge is -2.15. The molecule has 0 fully saturated rings. The minimum atomic E-state index is -0.245. The topological polar surface area (TPSA) is 64.8 Å². The van der Waals surface area contributed by atoms with Gasteiger partial charge in [-0.3, -0.25) is 0 Å². The van der Waals surface area contributed by atoms with Gasteiger partial charge in [-0.05, 0) is 90.7 Å². The van der Waals surface area contributed by atoms with Crippen LogP contribution in [0.5, 0.6) is 0 Å². The molecule has 0 amide bonds. The number of aromatic nitrogens is 2. The van der Waals surface area contributed by atoms with E-state index in [4.69, 9.17) is 0 Å². The Morgan fingerprint density at radius 2 is 1.67 bits per heavy atom. The summed E-state index contributed by atoms with van der Waals surface area (Å²) in [4.78, 5) is 8.29. The highest BCUT2D eigenvalue weighted by atomic mass is 19.1. The van der Waals surface area contributed by atoms with E-state index in [1.807, 2.05) is 48.5 Å². The molecule has 0 radical (unpaired) electrons. The molecule has 0 aliphatic heterocycles. The number of para-hydroxylation sites is 1. The summed E-state index contributed by atoms with van der Waals surface area (Å²) in [6.07, 6.45) is 5.13. The first-order valence-electron chi connectivity index (χ1n) is 14.2. The van der Waals surface area contributed by atoms with Crippen LogP contribution < -0.4 is 16.0 Å². The Hall–Kier alpha value is -5.36. The first-order valence-corrected chi connectivity index (χ1v) is 14.2. The maximum Gasteiger partial charge on any atom is 0.130 e. The number of H-pyrrole nitrogens is 1. The van der Waals surface area contributed by atoms with Gasteiger partial charge in [0.2, 0.25) is 0 Å². The van der Waals surface area contributed by atoms with Crippen molar-refractivity contribution in [3.8, 4) is 11.3 Å². The number of aryl methyl sites for hydroxylation is 3. The predicted molar refractivity (Wildman–Crippen MR) is 179 cm³/mol. The van der Waals surface area contributed by atoms with Crippen LogP contribution in [0.4, 0.5) is 21.6 Å². The molecule has 0 spiro atoms. The molecule has 3 aromatic carbocycles. The molecule has 5 aromatic rings. The van der Waals surface area contributed by atoms with Crippen LogP contribution in [-0.4, -0.2) is 16.5 Å². The maximum absolute atomic E-state index is 13.8. The molecule has 5 rings (SSSR count). The van der Waals surface area contributed by atoms with Gasteiger partial charge in [-0.25, -0.2) is 9.37 Å². The molecule has 0 saturated carbocycles. The van der Waals surface area contributed by atoms with E-state index in [-0.39, 0.29) is 5.82 Å². The summed E-state index contributed by atoms with van der Waals surface area (Å²) < 4.78 is 13.8. The van der Waals surface area contributed by atoms with E-state index in [9.17, 15) is 4.39 Å². The first kappa shape index (κ1) is 29.1. The number of hydrogen-bond donors (Lipinski definition) is 4. The average molecular weight is 570 g/mol. The molecule has 4 N–H and O–H groups in total. The fourth-order valence-corrected chi connectivity index (χ4v) is 5.05. The van der Waals surface area contributed by atoms with Crippen molar-refractivity contribution < 1.29 is 4.39 Å². The number of hydrogen-bond acceptors (Lipinski definition) is 4. The fourth-order valence-electron chi connectivity index (χ4n) is 5.05. The number of nitrogens with zero attached hydrogens (tertiary/aromatic N) is 1. The van der Waals surface area contributed by atoms with Gasteiger partial charge in [0, 0.05) is 40.9 Å². The Morgan fingerprint density at radius 1 is 0.930 bits per heavy atom. The van der Waals surface area contributed by atoms with Crippen molar-refractivity contribution in [2.24, 2.45) is 0 Å². The Kier molecular flexibility index (Phi) is 9.17. The van der Waals surface area contributed by atoms with Gasteiger partial charge >= 0.3 is 0 Å². The second-order valence-corrected chi connectivity index (χ2v) is 10.4. The molecular weight excluding hydrogens is 533 g/mol. The predicted octanol–water partition coefficient (Wildman–Crippen LogP) is 8.88. The number of anilines is 3. The average Bonchev–Trinajstić information content (AvgIpc) is 3.39. The smallest absolute Gasteiger partial charge is 0.130 e. The normalized spacial score (nSPS) is 10.7. The molecular formula is C37H36FN5. The number of benzene rings is 3. The molecule has 0 aliphatic carbocycles. The van der Waals surface area contributed by atoms with Crippen LogP contribution in [0.25, 0.3) is 22.5 Å². The highest BCUT2D eigenvalue weighted by molar-refractivity contribution is 5.91. The molecule has 0 unspecified atom stereocenters. The lowest BCUT2D eigenvalue weighted by molar-refractivity contribution is 0.618. The van der Waals surface area contributed by atoms with Crippen LogP contribution in [0.15, 0.2) is 123 Å². The van der Waals surface area contributed by atoms with E-state index in [0.717, 1.165) is 57.9 Å². The SMILES string of the molecule is C=CNCC(=C)c1c(CCc2ccccc2)[nH]c(-c2ccnc(NC(=C)c3ccc(F)c(C)c3)c2)c1Nc1ccccc1. The second-order valence-electron chi connectivity index (χ2n) is 10.4. The summed E-state index contributed by atoms with van der Waals surface area (Å²) in [5.41, 5.74) is 10.1. The van der Waals surface area contributed by atoms with Crippen LogP contribution in [0.1, 0.15) is 27.9 Å². The van der Waals surface area contributed by atoms with Crippen molar-refractivity contribution in [2.75, 3.05) is 17.2 Å². The van der Waals surface area contributed by atoms with E-state index in [1.54, 1.807) is 31.5 Å². The van der Waals surface area contributed by atoms with Gasteiger partial charge in [0.05, 0.1) is 11.4 Å². The van der Waals surface area contributed by atoms with Crippen molar-refractivity contribution in [3.63, 3.8) is 0 Å². The zero-order chi connectivity index (χ0) is 30.2. The van der Waals surface area contributed by atoms with E-state index < -0.39 is 0 Å². The van der Waals surface area contributed by atoms with Crippen molar-refractivity contribution in [2.45, 2.75) is 19.8 Å². The van der Waals surface area contributed by atoms with Gasteiger partial charge in [-0.15, -0.1) is 0 Å². The van der Waals surface area contributed by atoms with Crippen molar-refractivity contribution in [1.82, 2.24) is 15.3 Å². The highest BCUT2D eigenvalue weighted by Gasteiger charge is 2.21. The molecule has 0 bridgehead atoms. The van der Waals surface area contributed by atoms with Crippen LogP contribution in [0, 0.1) is 12.7 Å². The van der Waals surface area contributed by atoms with Crippen LogP contribution in [0.3, 0.4) is 0 Å². The summed E-state index contributed by atoms with van der Waals surface area (Å²) in [6, 6.07) is 29.5. The summed E-state index contributed by atoms with van der Waals surface area (Å²) in [5, 5.41) is 10.2. The molecule has 2 aromatic heterocycles. The molecule has 0 saturated heterocycles. The quantitative estimate of drug-likeness (QED) is 0.114. The molecule has 216 valence electrons. The van der Waals surface area contributed by atoms with E-state index in [1.165, 1.54) is 11.6 Å². The van der Waals surface area contributed by atoms with Gasteiger partial charge in [-0.2, -0.15) is 0 Å². The molecule has 43 heavy (non-hydrogen) atoms. The molecule has 5 nitrogen and oxygen atoms in total. The molecule has 0 atom stereocenters. The van der Waals surface area contributed by atoms with E-state index >= 15 is 0 Å². The second kappa shape index (κ2) is 13.5. The van der Waals surface area contributed by atoms with Crippen LogP contribution in [-0.2, 0) is 12.8 Å². The van der Waals surface area contributed by atoms with Crippen molar-refractivity contribution in [1.29, 1.82) is 0 Å². The zero-order valence-electron chi connectivity index (χ0n) is 24.4. The Balaban J connectivity index is 1.55. The van der Waals surface area contributed by atoms with Crippen molar-refractivity contribution in [3.05, 3.63) is 157 Å². The molecule has 0 aliphatic rings. The monoisotopic (exact) mass is 569 g/mol. The van der Waals surface area contributed by atoms with Crippen LogP contribution in [0.2, 0.25) is 0 Å². The number of rotatable bonds is 13. The summed E-state index contributed by atoms with van der Waals surface area (Å²) in [5.74, 6) is 0.384. The number of halogens is 1. The minimum absolute atomic E-state index is 0.245. The highest BCUT2D eigenvalue weighted by Crippen LogP contribution is 2.39. The fraction of sp³-hybridized carbons (Fsp3) is 0.108. The third kappa shape index (κ3) is 7.11. The standard InChI is InChI=1S/C37H36FN5/c1-5-39-24-26(3)35-33(19-16-28-12-8-6-9-13-28)43-36(37(35)42-31-14-10-7-11-15-31)30-20-21-40-34(23-30)41-27(4)29-17-18-32(38)25(2)22-29/h5-15,17-18,20-23,39,42-43H,1,3-4,16,19,24H2,2H3,(H,40,41). The first-order chi connectivity index (χ1) is 20.9. The third-order valence-electron chi connectivity index (χ3n) is 7.27. The Morgan fingerprint density at radius 3 is 2.40 bits per heavy atom. The van der Waals surface area contributed by atoms with Crippen LogP contribution >= 0.6 is 0 Å². The van der Waals surface area contributed by atoms with Gasteiger partial charge in [0.25, 0.3) is 0 Å². The van der Waals surface area contributed by atoms with Gasteiger partial charge in [-0.1, -0.05) is 68.3 Å². The van der Waals surface area contributed by atoms with Gasteiger partial charge in [0.1, 0.15) is 11.6 Å². The van der Waals surface area contributed by atoms with E-state index in [0.29, 0.717) is 23.6 Å². The Labute approximate surface area is 252 Å². The minimum Gasteiger partial charge on any atom is -0.387 e. The molecule has 2 heterocycles. The summed E-state index contributed by atoms with van der Waals surface area (Å²) >= 11 is 0. The Bertz CT molecular complexity index is 1740. The lowest BCUT2D eigenvalue weighted by atomic mass is 9.99. The molecule has 6 heteroatoms. The number of aromatic amines is 1. The summed E-state index contributed by atoms with van der Waals surface area (Å²) in [7, 11) is 0. The lowest BCUT2D eigenvalue weighted by Crippen LogP contribution is -2.10. The summed E-state index contributed by atoms with van der Waals surface area (Å²) in [6.45, 7) is 14.7. The maximum atomic E-state index is 13.8. The van der Waals surface area contributed by atoms with E-state index in [2.05, 4.69) is 69.9 Å². The third-order valence-corrected chi connectivity index (χ3v) is 7.27. The largest absolute Gasteiger partial charge is 0.387 e. The zero-order valence-corrected chi connectivity index (χ0v) is 24.4.